The first-order chi connectivity index (χ1) is 16.2. The SMILES string of the molecule is C=Cc1ccc2c(cnn2C(c2ccccc2)(c2ccccc2)c2ccccc2[N+](=O)[O-])c1. The lowest BCUT2D eigenvalue weighted by atomic mass is 9.76. The predicted molar refractivity (Wildman–Crippen MR) is 131 cm³/mol. The molecule has 0 fully saturated rings. The first kappa shape index (κ1) is 20.4. The average molecular weight is 431 g/mol. The molecule has 0 radical (unpaired) electrons. The molecule has 1 aromatic heterocycles. The minimum absolute atomic E-state index is 0.0385. The Morgan fingerprint density at radius 3 is 2.06 bits per heavy atom. The third-order valence-electron chi connectivity index (χ3n) is 6.02. The molecule has 1 heterocycles. The van der Waals surface area contributed by atoms with E-state index in [0.29, 0.717) is 5.56 Å². The molecule has 33 heavy (non-hydrogen) atoms. The van der Waals surface area contributed by atoms with Gasteiger partial charge in [0, 0.05) is 11.5 Å². The van der Waals surface area contributed by atoms with Gasteiger partial charge in [0.25, 0.3) is 5.69 Å². The van der Waals surface area contributed by atoms with Crippen molar-refractivity contribution in [1.82, 2.24) is 9.78 Å². The highest BCUT2D eigenvalue weighted by Crippen LogP contribution is 2.45. The third-order valence-corrected chi connectivity index (χ3v) is 6.02. The number of rotatable bonds is 6. The van der Waals surface area contributed by atoms with Crippen LogP contribution in [0.1, 0.15) is 22.3 Å². The first-order valence-corrected chi connectivity index (χ1v) is 10.6. The zero-order valence-corrected chi connectivity index (χ0v) is 17.8. The normalized spacial score (nSPS) is 11.4. The smallest absolute Gasteiger partial charge is 0.258 e. The van der Waals surface area contributed by atoms with Gasteiger partial charge >= 0.3 is 0 Å². The van der Waals surface area contributed by atoms with Crippen molar-refractivity contribution in [1.29, 1.82) is 0 Å². The number of aromatic nitrogens is 2. The molecule has 0 bridgehead atoms. The molecule has 4 aromatic carbocycles. The van der Waals surface area contributed by atoms with E-state index in [4.69, 9.17) is 5.10 Å². The summed E-state index contributed by atoms with van der Waals surface area (Å²) in [5.74, 6) is 0. The molecule has 0 unspecified atom stereocenters. The maximum atomic E-state index is 12.2. The Labute approximate surface area is 191 Å². The summed E-state index contributed by atoms with van der Waals surface area (Å²) in [4.78, 5) is 11.9. The molecule has 5 nitrogen and oxygen atoms in total. The van der Waals surface area contributed by atoms with Crippen molar-refractivity contribution in [3.63, 3.8) is 0 Å². The van der Waals surface area contributed by atoms with Gasteiger partial charge < -0.3 is 0 Å². The molecule has 160 valence electrons. The number of fused-ring (bicyclic) bond motifs is 1. The van der Waals surface area contributed by atoms with E-state index in [1.54, 1.807) is 24.4 Å². The fourth-order valence-corrected chi connectivity index (χ4v) is 4.58. The topological polar surface area (TPSA) is 61.0 Å². The van der Waals surface area contributed by atoms with Gasteiger partial charge in [-0.15, -0.1) is 0 Å². The minimum Gasteiger partial charge on any atom is -0.258 e. The number of para-hydroxylation sites is 1. The first-order valence-electron chi connectivity index (χ1n) is 10.6. The van der Waals surface area contributed by atoms with Crippen LogP contribution < -0.4 is 0 Å². The average Bonchev–Trinajstić information content (AvgIpc) is 3.29. The van der Waals surface area contributed by atoms with Crippen LogP contribution in [0.4, 0.5) is 5.69 Å². The van der Waals surface area contributed by atoms with Gasteiger partial charge in [0.2, 0.25) is 0 Å². The Morgan fingerprint density at radius 2 is 1.45 bits per heavy atom. The van der Waals surface area contributed by atoms with E-state index in [9.17, 15) is 10.1 Å². The van der Waals surface area contributed by atoms with E-state index < -0.39 is 5.54 Å². The number of nitro benzene ring substituents is 1. The quantitative estimate of drug-likeness (QED) is 0.177. The van der Waals surface area contributed by atoms with Crippen LogP contribution in [-0.2, 0) is 5.54 Å². The van der Waals surface area contributed by atoms with Crippen LogP contribution in [0.2, 0.25) is 0 Å². The van der Waals surface area contributed by atoms with E-state index in [-0.39, 0.29) is 10.6 Å². The van der Waals surface area contributed by atoms with Crippen LogP contribution in [0.25, 0.3) is 17.0 Å². The molecule has 0 spiro atoms. The lowest BCUT2D eigenvalue weighted by molar-refractivity contribution is -0.386. The summed E-state index contributed by atoms with van der Waals surface area (Å²) in [7, 11) is 0. The number of nitrogens with zero attached hydrogens (tertiary/aromatic N) is 3. The molecule has 5 rings (SSSR count). The number of nitro groups is 1. The molecule has 0 saturated carbocycles. The fourth-order valence-electron chi connectivity index (χ4n) is 4.58. The standard InChI is InChI=1S/C28H21N3O2/c1-2-21-17-18-26-22(19-21)20-29-30(26)28(23-11-5-3-6-12-23,24-13-7-4-8-14-24)25-15-9-10-16-27(25)31(32)33/h2-20H,1H2. The Morgan fingerprint density at radius 1 is 0.848 bits per heavy atom. The highest BCUT2D eigenvalue weighted by molar-refractivity contribution is 5.82. The molecule has 0 amide bonds. The van der Waals surface area contributed by atoms with Crippen molar-refractivity contribution < 1.29 is 4.92 Å². The minimum atomic E-state index is -1.07. The molecular weight excluding hydrogens is 410 g/mol. The van der Waals surface area contributed by atoms with Gasteiger partial charge in [-0.05, 0) is 34.9 Å². The Hall–Kier alpha value is -4.51. The van der Waals surface area contributed by atoms with E-state index in [0.717, 1.165) is 27.6 Å². The second-order valence-electron chi connectivity index (χ2n) is 7.80. The van der Waals surface area contributed by atoms with Crippen molar-refractivity contribution in [2.45, 2.75) is 5.54 Å². The van der Waals surface area contributed by atoms with Crippen molar-refractivity contribution in [2.75, 3.05) is 0 Å². The molecule has 0 N–H and O–H groups in total. The highest BCUT2D eigenvalue weighted by Gasteiger charge is 2.44. The second kappa shape index (κ2) is 8.20. The zero-order valence-electron chi connectivity index (χ0n) is 17.8. The number of benzene rings is 4. The maximum absolute atomic E-state index is 12.2. The van der Waals surface area contributed by atoms with E-state index in [2.05, 4.69) is 6.58 Å². The van der Waals surface area contributed by atoms with Crippen LogP contribution in [0.3, 0.4) is 0 Å². The lowest BCUT2D eigenvalue weighted by Gasteiger charge is -2.36. The summed E-state index contributed by atoms with van der Waals surface area (Å²) >= 11 is 0. The van der Waals surface area contributed by atoms with Crippen LogP contribution >= 0.6 is 0 Å². The molecule has 0 aliphatic heterocycles. The molecule has 0 atom stereocenters. The predicted octanol–water partition coefficient (Wildman–Crippen LogP) is 6.43. The summed E-state index contributed by atoms with van der Waals surface area (Å²) in [6, 6.07) is 32.6. The molecule has 5 aromatic rings. The molecule has 0 aliphatic rings. The number of hydrogen-bond acceptors (Lipinski definition) is 3. The van der Waals surface area contributed by atoms with Crippen LogP contribution in [0.15, 0.2) is 116 Å². The van der Waals surface area contributed by atoms with E-state index >= 15 is 0 Å². The van der Waals surface area contributed by atoms with Crippen molar-refractivity contribution in [2.24, 2.45) is 0 Å². The Bertz CT molecular complexity index is 1420. The van der Waals surface area contributed by atoms with Crippen LogP contribution in [0.5, 0.6) is 0 Å². The summed E-state index contributed by atoms with van der Waals surface area (Å²) < 4.78 is 1.90. The van der Waals surface area contributed by atoms with Gasteiger partial charge in [0.15, 0.2) is 0 Å². The molecule has 0 aliphatic carbocycles. The maximum Gasteiger partial charge on any atom is 0.275 e. The third kappa shape index (κ3) is 3.22. The molecule has 5 heteroatoms. The van der Waals surface area contributed by atoms with Crippen molar-refractivity contribution in [3.05, 3.63) is 148 Å². The van der Waals surface area contributed by atoms with Crippen LogP contribution in [0, 0.1) is 10.1 Å². The second-order valence-corrected chi connectivity index (χ2v) is 7.80. The zero-order chi connectivity index (χ0) is 22.8. The monoisotopic (exact) mass is 431 g/mol. The summed E-state index contributed by atoms with van der Waals surface area (Å²) in [6.45, 7) is 3.86. The van der Waals surface area contributed by atoms with Gasteiger partial charge in [0.05, 0.1) is 22.2 Å². The van der Waals surface area contributed by atoms with Gasteiger partial charge in [-0.1, -0.05) is 91.5 Å². The van der Waals surface area contributed by atoms with Gasteiger partial charge in [-0.25, -0.2) is 4.68 Å². The Balaban J connectivity index is 1.99. The van der Waals surface area contributed by atoms with Crippen molar-refractivity contribution >= 4 is 22.7 Å². The molecule has 0 saturated heterocycles. The summed E-state index contributed by atoms with van der Waals surface area (Å²) in [5, 5.41) is 18.0. The largest absolute Gasteiger partial charge is 0.275 e. The van der Waals surface area contributed by atoms with Gasteiger partial charge in [-0.3, -0.25) is 10.1 Å². The lowest BCUT2D eigenvalue weighted by Crippen LogP contribution is -2.39. The van der Waals surface area contributed by atoms with E-state index in [1.165, 1.54) is 0 Å². The summed E-state index contributed by atoms with van der Waals surface area (Å²) in [5.41, 5.74) is 3.13. The van der Waals surface area contributed by atoms with Crippen molar-refractivity contribution in [3.8, 4) is 0 Å². The fraction of sp³-hybridized carbons (Fsp3) is 0.0357. The van der Waals surface area contributed by atoms with Gasteiger partial charge in [-0.2, -0.15) is 5.10 Å². The summed E-state index contributed by atoms with van der Waals surface area (Å²) in [6.07, 6.45) is 3.60. The molecular formula is C28H21N3O2. The van der Waals surface area contributed by atoms with E-state index in [1.807, 2.05) is 95.7 Å². The van der Waals surface area contributed by atoms with Crippen LogP contribution in [-0.4, -0.2) is 14.7 Å². The highest BCUT2D eigenvalue weighted by atomic mass is 16.6. The van der Waals surface area contributed by atoms with Gasteiger partial charge in [0.1, 0.15) is 5.54 Å². The number of hydrogen-bond donors (Lipinski definition) is 0. The Kier molecular flexibility index (Phi) is 5.07.